The molecule has 1 N–H and O–H groups in total. The van der Waals surface area contributed by atoms with E-state index in [-0.39, 0.29) is 18.2 Å². The summed E-state index contributed by atoms with van der Waals surface area (Å²) in [5.41, 5.74) is 0.892. The Kier molecular flexibility index (Phi) is 4.11. The van der Waals surface area contributed by atoms with Gasteiger partial charge in [0, 0.05) is 11.8 Å². The van der Waals surface area contributed by atoms with Gasteiger partial charge in [-0.05, 0) is 37.0 Å². The number of ether oxygens (including phenoxy) is 1. The zero-order valence-corrected chi connectivity index (χ0v) is 12.7. The summed E-state index contributed by atoms with van der Waals surface area (Å²) in [4.78, 5) is 19.7. The highest BCUT2D eigenvalue weighted by molar-refractivity contribution is 5.97. The van der Waals surface area contributed by atoms with Crippen molar-refractivity contribution in [1.82, 2.24) is 9.97 Å². The van der Waals surface area contributed by atoms with Crippen LogP contribution in [0.1, 0.15) is 29.6 Å². The Balaban J connectivity index is 1.82. The predicted molar refractivity (Wildman–Crippen MR) is 81.7 cm³/mol. The van der Waals surface area contributed by atoms with Gasteiger partial charge in [0.1, 0.15) is 12.1 Å². The Morgan fingerprint density at radius 2 is 2.17 bits per heavy atom. The number of esters is 1. The van der Waals surface area contributed by atoms with E-state index in [1.165, 1.54) is 13.4 Å². The summed E-state index contributed by atoms with van der Waals surface area (Å²) in [6.45, 7) is -0.488. The summed E-state index contributed by atoms with van der Waals surface area (Å²) in [5, 5.41) is 3.20. The van der Waals surface area contributed by atoms with Crippen LogP contribution in [0.5, 0.6) is 0 Å². The summed E-state index contributed by atoms with van der Waals surface area (Å²) >= 11 is 0. The molecule has 0 aliphatic heterocycles. The predicted octanol–water partition coefficient (Wildman–Crippen LogP) is 3.26. The minimum absolute atomic E-state index is 0.101. The van der Waals surface area contributed by atoms with Gasteiger partial charge >= 0.3 is 5.97 Å². The molecule has 1 saturated carbocycles. The average Bonchev–Trinajstić information content (AvgIpc) is 3.34. The fraction of sp³-hybridized carbons (Fsp3) is 0.438. The van der Waals surface area contributed by atoms with Crippen LogP contribution in [0.4, 0.5) is 14.6 Å². The summed E-state index contributed by atoms with van der Waals surface area (Å²) < 4.78 is 32.4. The van der Waals surface area contributed by atoms with E-state index in [0.717, 1.165) is 12.8 Å². The molecule has 1 aliphatic carbocycles. The lowest BCUT2D eigenvalue weighted by Crippen LogP contribution is -2.28. The normalized spacial score (nSPS) is 14.7. The summed E-state index contributed by atoms with van der Waals surface area (Å²) in [6, 6.07) is 4.76. The maximum Gasteiger partial charge on any atom is 0.337 e. The third-order valence-electron chi connectivity index (χ3n) is 3.86. The van der Waals surface area contributed by atoms with E-state index in [1.807, 2.05) is 0 Å². The number of anilines is 1. The first-order chi connectivity index (χ1) is 11.0. The van der Waals surface area contributed by atoms with Gasteiger partial charge in [-0.2, -0.15) is 0 Å². The van der Waals surface area contributed by atoms with Crippen LogP contribution in [0, 0.1) is 5.92 Å². The molecular formula is C16H17F2N3O2. The molecule has 1 aromatic heterocycles. The number of halogens is 2. The van der Waals surface area contributed by atoms with Crippen molar-refractivity contribution in [2.45, 2.75) is 25.2 Å². The second kappa shape index (κ2) is 6.06. The molecule has 7 heteroatoms. The van der Waals surface area contributed by atoms with Gasteiger partial charge in [-0.1, -0.05) is 0 Å². The van der Waals surface area contributed by atoms with E-state index in [9.17, 15) is 13.6 Å². The number of benzene rings is 1. The van der Waals surface area contributed by atoms with Crippen LogP contribution in [0.2, 0.25) is 0 Å². The summed E-state index contributed by atoms with van der Waals surface area (Å²) in [6.07, 6.45) is 2.97. The maximum absolute atomic E-state index is 13.9. The Morgan fingerprint density at radius 1 is 1.39 bits per heavy atom. The third-order valence-corrected chi connectivity index (χ3v) is 3.86. The molecular weight excluding hydrogens is 304 g/mol. The molecule has 0 bridgehead atoms. The topological polar surface area (TPSA) is 64.1 Å². The van der Waals surface area contributed by atoms with Crippen LogP contribution in [-0.4, -0.2) is 35.5 Å². The average molecular weight is 321 g/mol. The maximum atomic E-state index is 13.9. The molecule has 0 atom stereocenters. The molecule has 122 valence electrons. The van der Waals surface area contributed by atoms with Gasteiger partial charge in [0.25, 0.3) is 5.92 Å². The quantitative estimate of drug-likeness (QED) is 0.827. The Morgan fingerprint density at radius 3 is 2.87 bits per heavy atom. The molecule has 0 unspecified atom stereocenters. The van der Waals surface area contributed by atoms with Gasteiger partial charge in [-0.15, -0.1) is 0 Å². The largest absolute Gasteiger partial charge is 0.465 e. The molecule has 0 amide bonds. The molecule has 2 aromatic rings. The van der Waals surface area contributed by atoms with Gasteiger partial charge < -0.3 is 10.1 Å². The summed E-state index contributed by atoms with van der Waals surface area (Å²) in [5.74, 6) is -2.85. The van der Waals surface area contributed by atoms with E-state index in [2.05, 4.69) is 20.0 Å². The fourth-order valence-corrected chi connectivity index (χ4v) is 2.47. The Hall–Kier alpha value is -2.31. The first-order valence-electron chi connectivity index (χ1n) is 7.43. The number of rotatable bonds is 6. The molecule has 5 nitrogen and oxygen atoms in total. The van der Waals surface area contributed by atoms with Crippen molar-refractivity contribution in [2.75, 3.05) is 19.0 Å². The number of carbonyl (C=O) groups excluding carboxylic acids is 1. The Labute approximate surface area is 132 Å². The number of aromatic nitrogens is 2. The third kappa shape index (κ3) is 3.72. The number of hydrogen-bond donors (Lipinski definition) is 1. The minimum Gasteiger partial charge on any atom is -0.465 e. The molecule has 1 fully saturated rings. The molecule has 1 aromatic carbocycles. The molecule has 3 rings (SSSR count). The highest BCUT2D eigenvalue weighted by Crippen LogP contribution is 2.39. The van der Waals surface area contributed by atoms with Crippen LogP contribution in [0.3, 0.4) is 0 Å². The van der Waals surface area contributed by atoms with Gasteiger partial charge in [-0.3, -0.25) is 0 Å². The fourth-order valence-electron chi connectivity index (χ4n) is 2.47. The van der Waals surface area contributed by atoms with Crippen molar-refractivity contribution in [1.29, 1.82) is 0 Å². The van der Waals surface area contributed by atoms with Crippen LogP contribution in [0.15, 0.2) is 24.5 Å². The smallest absolute Gasteiger partial charge is 0.337 e. The zero-order chi connectivity index (χ0) is 16.4. The van der Waals surface area contributed by atoms with E-state index >= 15 is 0 Å². The van der Waals surface area contributed by atoms with E-state index in [0.29, 0.717) is 16.5 Å². The summed E-state index contributed by atoms with van der Waals surface area (Å²) in [7, 11) is 1.28. The van der Waals surface area contributed by atoms with Gasteiger partial charge in [0.15, 0.2) is 0 Å². The van der Waals surface area contributed by atoms with Gasteiger partial charge in [0.05, 0.1) is 24.7 Å². The molecule has 0 saturated heterocycles. The van der Waals surface area contributed by atoms with Crippen molar-refractivity contribution in [3.05, 3.63) is 30.1 Å². The SMILES string of the molecule is COC(=O)c1ccc2ncnc(NCC(F)(F)CC3CC3)c2c1. The van der Waals surface area contributed by atoms with Crippen LogP contribution < -0.4 is 5.32 Å². The number of nitrogens with zero attached hydrogens (tertiary/aromatic N) is 2. The zero-order valence-electron chi connectivity index (χ0n) is 12.7. The van der Waals surface area contributed by atoms with Crippen LogP contribution >= 0.6 is 0 Å². The number of nitrogens with one attached hydrogen (secondary N) is 1. The van der Waals surface area contributed by atoms with E-state index in [4.69, 9.17) is 0 Å². The second-order valence-corrected chi connectivity index (χ2v) is 5.80. The van der Waals surface area contributed by atoms with Crippen LogP contribution in [0.25, 0.3) is 10.9 Å². The van der Waals surface area contributed by atoms with Crippen molar-refractivity contribution >= 4 is 22.7 Å². The van der Waals surface area contributed by atoms with Gasteiger partial charge in [0.2, 0.25) is 0 Å². The van der Waals surface area contributed by atoms with Crippen molar-refractivity contribution in [3.63, 3.8) is 0 Å². The lowest BCUT2D eigenvalue weighted by atomic mass is 10.1. The first kappa shape index (κ1) is 15.6. The minimum atomic E-state index is -2.78. The van der Waals surface area contributed by atoms with Crippen molar-refractivity contribution < 1.29 is 18.3 Å². The molecule has 1 heterocycles. The number of methoxy groups -OCH3 is 1. The van der Waals surface area contributed by atoms with E-state index in [1.54, 1.807) is 18.2 Å². The molecule has 0 spiro atoms. The van der Waals surface area contributed by atoms with Crippen molar-refractivity contribution in [2.24, 2.45) is 5.92 Å². The molecule has 23 heavy (non-hydrogen) atoms. The number of carbonyl (C=O) groups is 1. The first-order valence-corrected chi connectivity index (χ1v) is 7.43. The highest BCUT2D eigenvalue weighted by Gasteiger charge is 2.37. The number of alkyl halides is 2. The second-order valence-electron chi connectivity index (χ2n) is 5.80. The number of fused-ring (bicyclic) bond motifs is 1. The van der Waals surface area contributed by atoms with Crippen molar-refractivity contribution in [3.8, 4) is 0 Å². The lowest BCUT2D eigenvalue weighted by Gasteiger charge is -2.17. The highest BCUT2D eigenvalue weighted by atomic mass is 19.3. The lowest BCUT2D eigenvalue weighted by molar-refractivity contribution is 0.000938. The monoisotopic (exact) mass is 321 g/mol. The molecule has 0 radical (unpaired) electrons. The standard InChI is InChI=1S/C16H17F2N3O2/c1-23-15(22)11-4-5-13-12(6-11)14(21-9-20-13)19-8-16(17,18)7-10-2-3-10/h4-6,9-10H,2-3,7-8H2,1H3,(H,19,20,21). The Bertz CT molecular complexity index is 732. The number of hydrogen-bond acceptors (Lipinski definition) is 5. The van der Waals surface area contributed by atoms with Crippen LogP contribution in [-0.2, 0) is 4.74 Å². The molecule has 1 aliphatic rings. The van der Waals surface area contributed by atoms with E-state index < -0.39 is 18.4 Å². The van der Waals surface area contributed by atoms with Gasteiger partial charge in [-0.25, -0.2) is 23.5 Å².